The summed E-state index contributed by atoms with van der Waals surface area (Å²) in [5.74, 6) is -6.70. The molecule has 14 nitrogen and oxygen atoms in total. The summed E-state index contributed by atoms with van der Waals surface area (Å²) in [7, 11) is -3.73. The lowest BCUT2D eigenvalue weighted by molar-refractivity contribution is -0.145. The monoisotopic (exact) mass is 572 g/mol. The standard InChI is InChI=1S/C24H36N4O10S/c1-2-18(29)9-10-21(24(35)36)26-22(32)11-8-16(23(33)34)13-19(30)7-4-12-39(37,38)15-20(31)6-3-5-17-14-25-28-27-17/h16,21H,2-15H2,1H3,(H,26,32)(H,33,34)(H,35,36). The minimum absolute atomic E-state index is 0.0201. The largest absolute Gasteiger partial charge is 0.481 e. The third-order valence-electron chi connectivity index (χ3n) is 6.00. The molecule has 0 aromatic heterocycles. The maximum absolute atomic E-state index is 12.3. The van der Waals surface area contributed by atoms with E-state index in [2.05, 4.69) is 20.8 Å². The summed E-state index contributed by atoms with van der Waals surface area (Å²) in [4.78, 5) is 70.7. The van der Waals surface area contributed by atoms with Crippen LogP contribution in [0.4, 0.5) is 0 Å². The maximum Gasteiger partial charge on any atom is 0.326 e. The van der Waals surface area contributed by atoms with Gasteiger partial charge in [0.1, 0.15) is 35.7 Å². The van der Waals surface area contributed by atoms with Gasteiger partial charge in [0, 0.05) is 38.5 Å². The molecule has 39 heavy (non-hydrogen) atoms. The van der Waals surface area contributed by atoms with E-state index in [1.165, 1.54) is 0 Å². The summed E-state index contributed by atoms with van der Waals surface area (Å²) in [5, 5.41) is 31.8. The van der Waals surface area contributed by atoms with E-state index in [1.54, 1.807) is 6.92 Å². The summed E-state index contributed by atoms with van der Waals surface area (Å²) >= 11 is 0. The molecule has 0 bridgehead atoms. The van der Waals surface area contributed by atoms with Crippen LogP contribution in [0.2, 0.25) is 0 Å². The second-order valence-electron chi connectivity index (χ2n) is 9.35. The van der Waals surface area contributed by atoms with Gasteiger partial charge in [-0.1, -0.05) is 6.92 Å². The number of aliphatic carboxylic acids is 2. The van der Waals surface area contributed by atoms with Crippen LogP contribution in [-0.2, 0) is 38.6 Å². The van der Waals surface area contributed by atoms with Crippen molar-refractivity contribution >= 4 is 50.7 Å². The molecule has 0 aromatic carbocycles. The highest BCUT2D eigenvalue weighted by Gasteiger charge is 2.25. The fourth-order valence-corrected chi connectivity index (χ4v) is 5.10. The smallest absolute Gasteiger partial charge is 0.326 e. The minimum atomic E-state index is -3.73. The highest BCUT2D eigenvalue weighted by atomic mass is 32.2. The van der Waals surface area contributed by atoms with E-state index in [0.717, 1.165) is 5.71 Å². The third-order valence-corrected chi connectivity index (χ3v) is 7.67. The first kappa shape index (κ1) is 33.7. The van der Waals surface area contributed by atoms with E-state index >= 15 is 0 Å². The van der Waals surface area contributed by atoms with E-state index < -0.39 is 69.1 Å². The van der Waals surface area contributed by atoms with Gasteiger partial charge in [-0.3, -0.25) is 24.0 Å². The number of sulfone groups is 1. The van der Waals surface area contributed by atoms with Crippen molar-refractivity contribution < 1.29 is 47.4 Å². The number of carbonyl (C=O) groups is 6. The Balaban J connectivity index is 2.40. The number of carboxylic acids is 2. The van der Waals surface area contributed by atoms with E-state index in [1.807, 2.05) is 0 Å². The van der Waals surface area contributed by atoms with E-state index in [0.29, 0.717) is 19.4 Å². The lowest BCUT2D eigenvalue weighted by Gasteiger charge is -2.15. The quantitative estimate of drug-likeness (QED) is 0.169. The Morgan fingerprint density at radius 3 is 2.18 bits per heavy atom. The molecule has 2 atom stereocenters. The summed E-state index contributed by atoms with van der Waals surface area (Å²) in [6, 6.07) is -1.29. The molecule has 1 heterocycles. The van der Waals surface area contributed by atoms with Crippen molar-refractivity contribution in [2.75, 3.05) is 18.1 Å². The van der Waals surface area contributed by atoms with Crippen LogP contribution >= 0.6 is 0 Å². The predicted molar refractivity (Wildman–Crippen MR) is 138 cm³/mol. The fraction of sp³-hybridized carbons (Fsp3) is 0.708. The van der Waals surface area contributed by atoms with Crippen LogP contribution in [0.25, 0.3) is 0 Å². The van der Waals surface area contributed by atoms with Gasteiger partial charge in [0.2, 0.25) is 5.91 Å². The number of hydrogen-bond acceptors (Lipinski definition) is 11. The van der Waals surface area contributed by atoms with Crippen molar-refractivity contribution in [3.63, 3.8) is 0 Å². The molecule has 15 heteroatoms. The topological polar surface area (TPSA) is 226 Å². The number of rotatable bonds is 22. The van der Waals surface area contributed by atoms with E-state index in [-0.39, 0.29) is 57.1 Å². The molecule has 0 radical (unpaired) electrons. The van der Waals surface area contributed by atoms with Gasteiger partial charge in [0.15, 0.2) is 9.84 Å². The number of ketones is 3. The van der Waals surface area contributed by atoms with Gasteiger partial charge in [-0.2, -0.15) is 5.11 Å². The van der Waals surface area contributed by atoms with Gasteiger partial charge in [-0.15, -0.1) is 5.10 Å². The van der Waals surface area contributed by atoms with Gasteiger partial charge < -0.3 is 15.5 Å². The number of nitrogens with zero attached hydrogens (tertiary/aromatic N) is 3. The average molecular weight is 573 g/mol. The van der Waals surface area contributed by atoms with Gasteiger partial charge in [-0.25, -0.2) is 13.2 Å². The first-order valence-corrected chi connectivity index (χ1v) is 14.6. The molecule has 0 saturated heterocycles. The number of nitrogens with one attached hydrogen (secondary N) is 1. The average Bonchev–Trinajstić information content (AvgIpc) is 3.36. The van der Waals surface area contributed by atoms with Gasteiger partial charge in [-0.05, 0) is 37.3 Å². The molecule has 3 N–H and O–H groups in total. The van der Waals surface area contributed by atoms with E-state index in [4.69, 9.17) is 0 Å². The summed E-state index contributed by atoms with van der Waals surface area (Å²) < 4.78 is 24.4. The Kier molecular flexibility index (Phi) is 14.9. The number of amides is 1. The molecule has 0 aromatic rings. The lowest BCUT2D eigenvalue weighted by Crippen LogP contribution is -2.41. The van der Waals surface area contributed by atoms with Gasteiger partial charge in [0.05, 0.1) is 17.4 Å². The molecule has 218 valence electrons. The first-order valence-electron chi connectivity index (χ1n) is 12.8. The van der Waals surface area contributed by atoms with Crippen LogP contribution in [0.5, 0.6) is 0 Å². The normalized spacial score (nSPS) is 14.3. The van der Waals surface area contributed by atoms with Crippen LogP contribution < -0.4 is 5.32 Å². The highest BCUT2D eigenvalue weighted by Crippen LogP contribution is 2.15. The molecule has 1 aliphatic rings. The van der Waals surface area contributed by atoms with Crippen LogP contribution in [0.1, 0.15) is 77.6 Å². The van der Waals surface area contributed by atoms with Crippen molar-refractivity contribution in [3.8, 4) is 0 Å². The molecule has 0 spiro atoms. The second kappa shape index (κ2) is 17.3. The van der Waals surface area contributed by atoms with Crippen molar-refractivity contribution in [3.05, 3.63) is 0 Å². The maximum atomic E-state index is 12.3. The van der Waals surface area contributed by atoms with E-state index in [9.17, 15) is 47.4 Å². The van der Waals surface area contributed by atoms with Crippen LogP contribution in [0.15, 0.2) is 15.4 Å². The van der Waals surface area contributed by atoms with Crippen molar-refractivity contribution in [2.24, 2.45) is 21.4 Å². The zero-order valence-corrected chi connectivity index (χ0v) is 22.8. The molecular weight excluding hydrogens is 536 g/mol. The highest BCUT2D eigenvalue weighted by molar-refractivity contribution is 7.92. The zero-order valence-electron chi connectivity index (χ0n) is 22.0. The van der Waals surface area contributed by atoms with Crippen LogP contribution in [-0.4, -0.2) is 83.6 Å². The van der Waals surface area contributed by atoms with Crippen molar-refractivity contribution in [1.82, 2.24) is 5.32 Å². The second-order valence-corrected chi connectivity index (χ2v) is 11.5. The molecule has 1 rings (SSSR count). The summed E-state index contributed by atoms with van der Waals surface area (Å²) in [6.07, 6.45) is -0.143. The predicted octanol–water partition coefficient (Wildman–Crippen LogP) is 1.51. The molecule has 2 unspecified atom stereocenters. The molecule has 0 fully saturated rings. The Morgan fingerprint density at radius 2 is 1.59 bits per heavy atom. The summed E-state index contributed by atoms with van der Waals surface area (Å²) in [6.45, 7) is 2.01. The number of Topliss-reactive ketones (excluding diaryl/α,β-unsaturated/α-hetero) is 3. The molecular formula is C24H36N4O10S. The number of carboxylic acid groups (broad SMARTS) is 2. The number of hydrogen-bond donors (Lipinski definition) is 3. The SMILES string of the molecule is CCC(=O)CCC(NC(=O)CCC(CC(=O)CCCS(=O)(=O)CC(=O)CCCC1=NN=NC1)C(=O)O)C(=O)O. The molecule has 0 saturated carbocycles. The minimum Gasteiger partial charge on any atom is -0.481 e. The number of carbonyl (C=O) groups excluding carboxylic acids is 4. The molecule has 0 aliphatic carbocycles. The fourth-order valence-electron chi connectivity index (χ4n) is 3.74. The lowest BCUT2D eigenvalue weighted by atomic mass is 9.95. The van der Waals surface area contributed by atoms with Crippen molar-refractivity contribution in [2.45, 2.75) is 83.6 Å². The molecule has 1 amide bonds. The molecule has 1 aliphatic heterocycles. The Morgan fingerprint density at radius 1 is 0.897 bits per heavy atom. The Labute approximate surface area is 226 Å². The first-order chi connectivity index (χ1) is 18.3. The Bertz CT molecular complexity index is 1080. The zero-order chi connectivity index (χ0) is 29.4. The van der Waals surface area contributed by atoms with Crippen LogP contribution in [0.3, 0.4) is 0 Å². The van der Waals surface area contributed by atoms with Crippen LogP contribution in [0, 0.1) is 5.92 Å². The van der Waals surface area contributed by atoms with Crippen molar-refractivity contribution in [1.29, 1.82) is 0 Å². The summed E-state index contributed by atoms with van der Waals surface area (Å²) in [5.41, 5.74) is 0.731. The third kappa shape index (κ3) is 15.0. The van der Waals surface area contributed by atoms with Gasteiger partial charge in [0.25, 0.3) is 0 Å². The Hall–Kier alpha value is -3.36. The van der Waals surface area contributed by atoms with Gasteiger partial charge >= 0.3 is 11.9 Å².